The molecule has 1 fully saturated rings. The minimum absolute atomic E-state index is 0.189. The molecule has 1 aliphatic heterocycles. The molecule has 92 valence electrons. The van der Waals surface area contributed by atoms with E-state index in [1.54, 1.807) is 6.20 Å². The Morgan fingerprint density at radius 1 is 1.65 bits per heavy atom. The van der Waals surface area contributed by atoms with E-state index < -0.39 is 0 Å². The highest BCUT2D eigenvalue weighted by Crippen LogP contribution is 2.15. The molecule has 17 heavy (non-hydrogen) atoms. The van der Waals surface area contributed by atoms with Gasteiger partial charge in [0.1, 0.15) is 11.9 Å². The van der Waals surface area contributed by atoms with Crippen LogP contribution < -0.4 is 10.2 Å². The van der Waals surface area contributed by atoms with E-state index in [9.17, 15) is 4.79 Å². The van der Waals surface area contributed by atoms with Crippen molar-refractivity contribution in [1.82, 2.24) is 10.3 Å². The van der Waals surface area contributed by atoms with Crippen molar-refractivity contribution in [2.75, 3.05) is 31.1 Å². The lowest BCUT2D eigenvalue weighted by atomic mass is 10.2. The Morgan fingerprint density at radius 3 is 3.24 bits per heavy atom. The van der Waals surface area contributed by atoms with Crippen LogP contribution in [0, 0.1) is 0 Å². The number of ether oxygens (including phenoxy) is 1. The van der Waals surface area contributed by atoms with E-state index in [1.165, 1.54) is 0 Å². The molecule has 2 heterocycles. The van der Waals surface area contributed by atoms with Crippen molar-refractivity contribution in [2.24, 2.45) is 0 Å². The Bertz CT molecular complexity index is 369. The van der Waals surface area contributed by atoms with Gasteiger partial charge in [-0.2, -0.15) is 0 Å². The van der Waals surface area contributed by atoms with Crippen LogP contribution in [0.5, 0.6) is 0 Å². The van der Waals surface area contributed by atoms with Crippen LogP contribution in [0.4, 0.5) is 5.82 Å². The van der Waals surface area contributed by atoms with Crippen molar-refractivity contribution in [3.63, 3.8) is 0 Å². The molecule has 2 rings (SSSR count). The fourth-order valence-electron chi connectivity index (χ4n) is 1.95. The van der Waals surface area contributed by atoms with Crippen molar-refractivity contribution in [1.29, 1.82) is 0 Å². The van der Waals surface area contributed by atoms with Crippen LogP contribution in [0.15, 0.2) is 24.4 Å². The van der Waals surface area contributed by atoms with Gasteiger partial charge in [-0.1, -0.05) is 6.07 Å². The fraction of sp³-hybridized carbons (Fsp3) is 0.500. The number of hydrogen-bond donors (Lipinski definition) is 1. The van der Waals surface area contributed by atoms with Crippen molar-refractivity contribution in [3.05, 3.63) is 24.4 Å². The Hall–Kier alpha value is -1.62. The molecule has 0 aliphatic carbocycles. The number of carbonyl (C=O) groups is 1. The number of rotatable bonds is 3. The van der Waals surface area contributed by atoms with Crippen molar-refractivity contribution in [2.45, 2.75) is 13.0 Å². The summed E-state index contributed by atoms with van der Waals surface area (Å²) in [5.74, 6) is 0.636. The van der Waals surface area contributed by atoms with Crippen LogP contribution in [0.1, 0.15) is 6.92 Å². The third-order valence-electron chi connectivity index (χ3n) is 2.75. The van der Waals surface area contributed by atoms with Crippen LogP contribution >= 0.6 is 0 Å². The zero-order valence-electron chi connectivity index (χ0n) is 9.93. The van der Waals surface area contributed by atoms with Crippen LogP contribution in [-0.4, -0.2) is 43.2 Å². The topological polar surface area (TPSA) is 54.5 Å². The van der Waals surface area contributed by atoms with Crippen LogP contribution in [-0.2, 0) is 9.53 Å². The summed E-state index contributed by atoms with van der Waals surface area (Å²) in [7, 11) is 0. The maximum Gasteiger partial charge on any atom is 0.330 e. The zero-order valence-corrected chi connectivity index (χ0v) is 9.93. The van der Waals surface area contributed by atoms with Gasteiger partial charge in [-0.05, 0) is 19.1 Å². The Kier molecular flexibility index (Phi) is 3.93. The van der Waals surface area contributed by atoms with Gasteiger partial charge in [0, 0.05) is 25.8 Å². The predicted molar refractivity (Wildman–Crippen MR) is 64.9 cm³/mol. The van der Waals surface area contributed by atoms with Gasteiger partial charge in [-0.3, -0.25) is 0 Å². The summed E-state index contributed by atoms with van der Waals surface area (Å²) in [6.45, 7) is 4.45. The number of aromatic nitrogens is 1. The molecule has 0 bridgehead atoms. The lowest BCUT2D eigenvalue weighted by molar-refractivity contribution is -0.144. The first-order valence-electron chi connectivity index (χ1n) is 5.88. The average Bonchev–Trinajstić information content (AvgIpc) is 2.40. The molecule has 1 saturated heterocycles. The molecule has 0 amide bonds. The van der Waals surface area contributed by atoms with E-state index in [-0.39, 0.29) is 12.0 Å². The smallest absolute Gasteiger partial charge is 0.330 e. The van der Waals surface area contributed by atoms with Gasteiger partial charge in [0.2, 0.25) is 0 Å². The standard InChI is InChI=1S/C12H17N3O2/c1-2-17-12(16)10-9-13-7-8-15(10)11-5-3-4-6-14-11/h3-6,10,13H,2,7-9H2,1H3. The monoisotopic (exact) mass is 235 g/mol. The van der Waals surface area contributed by atoms with Crippen molar-refractivity contribution < 1.29 is 9.53 Å². The van der Waals surface area contributed by atoms with E-state index in [1.807, 2.05) is 30.0 Å². The van der Waals surface area contributed by atoms with Gasteiger partial charge in [-0.15, -0.1) is 0 Å². The molecule has 1 unspecified atom stereocenters. The number of carbonyl (C=O) groups excluding carboxylic acids is 1. The molecular formula is C12H17N3O2. The molecular weight excluding hydrogens is 218 g/mol. The Labute approximate surface area is 101 Å². The van der Waals surface area contributed by atoms with E-state index in [0.717, 1.165) is 18.9 Å². The maximum atomic E-state index is 11.9. The first-order chi connectivity index (χ1) is 8.33. The molecule has 1 N–H and O–H groups in total. The predicted octanol–water partition coefficient (Wildman–Crippen LogP) is 0.423. The zero-order chi connectivity index (χ0) is 12.1. The average molecular weight is 235 g/mol. The highest BCUT2D eigenvalue weighted by atomic mass is 16.5. The van der Waals surface area contributed by atoms with Crippen molar-refractivity contribution in [3.8, 4) is 0 Å². The van der Waals surface area contributed by atoms with Crippen LogP contribution in [0.25, 0.3) is 0 Å². The number of anilines is 1. The van der Waals surface area contributed by atoms with E-state index in [0.29, 0.717) is 13.2 Å². The molecule has 1 aromatic rings. The van der Waals surface area contributed by atoms with Crippen LogP contribution in [0.2, 0.25) is 0 Å². The second-order valence-electron chi connectivity index (χ2n) is 3.85. The van der Waals surface area contributed by atoms with E-state index in [4.69, 9.17) is 4.74 Å². The number of nitrogens with one attached hydrogen (secondary N) is 1. The number of esters is 1. The first-order valence-corrected chi connectivity index (χ1v) is 5.88. The molecule has 1 aliphatic rings. The second kappa shape index (κ2) is 5.63. The fourth-order valence-corrected chi connectivity index (χ4v) is 1.95. The highest BCUT2D eigenvalue weighted by Gasteiger charge is 2.30. The molecule has 5 heteroatoms. The van der Waals surface area contributed by atoms with Gasteiger partial charge in [-0.25, -0.2) is 9.78 Å². The minimum atomic E-state index is -0.279. The normalized spacial score (nSPS) is 20.1. The van der Waals surface area contributed by atoms with E-state index in [2.05, 4.69) is 10.3 Å². The largest absolute Gasteiger partial charge is 0.464 e. The quantitative estimate of drug-likeness (QED) is 0.770. The third-order valence-corrected chi connectivity index (χ3v) is 2.75. The molecule has 1 atom stereocenters. The number of pyridine rings is 1. The van der Waals surface area contributed by atoms with Gasteiger partial charge in [0.25, 0.3) is 0 Å². The minimum Gasteiger partial charge on any atom is -0.464 e. The molecule has 0 spiro atoms. The lowest BCUT2D eigenvalue weighted by Crippen LogP contribution is -2.55. The van der Waals surface area contributed by atoms with Gasteiger partial charge >= 0.3 is 5.97 Å². The summed E-state index contributed by atoms with van der Waals surface area (Å²) in [4.78, 5) is 18.1. The third kappa shape index (κ3) is 2.74. The molecule has 0 radical (unpaired) electrons. The first kappa shape index (κ1) is 11.9. The molecule has 1 aromatic heterocycles. The Morgan fingerprint density at radius 2 is 2.53 bits per heavy atom. The summed E-state index contributed by atoms with van der Waals surface area (Å²) in [6.07, 6.45) is 1.74. The summed E-state index contributed by atoms with van der Waals surface area (Å²) < 4.78 is 5.08. The molecule has 0 saturated carbocycles. The number of hydrogen-bond acceptors (Lipinski definition) is 5. The summed E-state index contributed by atoms with van der Waals surface area (Å²) >= 11 is 0. The second-order valence-corrected chi connectivity index (χ2v) is 3.85. The maximum absolute atomic E-state index is 11.9. The number of piperazine rings is 1. The summed E-state index contributed by atoms with van der Waals surface area (Å²) in [6, 6.07) is 5.42. The van der Waals surface area contributed by atoms with Gasteiger partial charge < -0.3 is 15.0 Å². The molecule has 5 nitrogen and oxygen atoms in total. The number of nitrogens with zero attached hydrogens (tertiary/aromatic N) is 2. The van der Waals surface area contributed by atoms with Crippen LogP contribution in [0.3, 0.4) is 0 Å². The van der Waals surface area contributed by atoms with Gasteiger partial charge in [0.05, 0.1) is 6.61 Å². The Balaban J connectivity index is 2.15. The molecule has 0 aromatic carbocycles. The highest BCUT2D eigenvalue weighted by molar-refractivity contribution is 5.80. The summed E-state index contributed by atoms with van der Waals surface area (Å²) in [5, 5.41) is 3.20. The van der Waals surface area contributed by atoms with Gasteiger partial charge in [0.15, 0.2) is 0 Å². The van der Waals surface area contributed by atoms with E-state index >= 15 is 0 Å². The lowest BCUT2D eigenvalue weighted by Gasteiger charge is -2.35. The summed E-state index contributed by atoms with van der Waals surface area (Å²) in [5.41, 5.74) is 0. The van der Waals surface area contributed by atoms with Crippen molar-refractivity contribution >= 4 is 11.8 Å². The SMILES string of the molecule is CCOC(=O)C1CNCCN1c1ccccn1.